The topological polar surface area (TPSA) is 76.6 Å². The van der Waals surface area contributed by atoms with Crippen LogP contribution in [0.1, 0.15) is 23.1 Å². The molecule has 0 fully saturated rings. The molecule has 0 aliphatic carbocycles. The van der Waals surface area contributed by atoms with Crippen molar-refractivity contribution in [3.63, 3.8) is 0 Å². The molecule has 0 aliphatic heterocycles. The van der Waals surface area contributed by atoms with Crippen molar-refractivity contribution in [1.29, 1.82) is 0 Å². The predicted molar refractivity (Wildman–Crippen MR) is 86.7 cm³/mol. The molecule has 0 unspecified atom stereocenters. The lowest BCUT2D eigenvalue weighted by molar-refractivity contribution is 0.0516. The number of fused-ring (bicyclic) bond motifs is 1. The van der Waals surface area contributed by atoms with Gasteiger partial charge in [0.2, 0.25) is 0 Å². The standard InChI is InChI=1S/C17H15N3O3/c1-11(16-18-14-5-3-4-6-15(14)19-16)20-23-17(21)12-7-9-13(22-2)10-8-12/h3-10H,1-2H3,(H,18,19)/b20-11+. The molecule has 6 nitrogen and oxygen atoms in total. The largest absolute Gasteiger partial charge is 0.497 e. The van der Waals surface area contributed by atoms with Crippen LogP contribution in [0, 0.1) is 0 Å². The van der Waals surface area contributed by atoms with Gasteiger partial charge in [-0.1, -0.05) is 17.3 Å². The van der Waals surface area contributed by atoms with Crippen molar-refractivity contribution in [2.75, 3.05) is 7.11 Å². The van der Waals surface area contributed by atoms with Crippen LogP contribution in [0.15, 0.2) is 53.7 Å². The van der Waals surface area contributed by atoms with E-state index >= 15 is 0 Å². The number of imidazole rings is 1. The van der Waals surface area contributed by atoms with Crippen LogP contribution < -0.4 is 4.74 Å². The number of oxime groups is 1. The number of methoxy groups -OCH3 is 1. The zero-order valence-electron chi connectivity index (χ0n) is 12.7. The van der Waals surface area contributed by atoms with Gasteiger partial charge in [0.1, 0.15) is 11.5 Å². The predicted octanol–water partition coefficient (Wildman–Crippen LogP) is 3.15. The number of hydrogen-bond acceptors (Lipinski definition) is 5. The summed E-state index contributed by atoms with van der Waals surface area (Å²) in [5.41, 5.74) is 2.62. The third kappa shape index (κ3) is 3.21. The van der Waals surface area contributed by atoms with E-state index < -0.39 is 5.97 Å². The Hall–Kier alpha value is -3.15. The van der Waals surface area contributed by atoms with E-state index in [1.165, 1.54) is 0 Å². The van der Waals surface area contributed by atoms with E-state index in [9.17, 15) is 4.79 Å². The SMILES string of the molecule is COc1ccc(C(=O)O/N=C(\C)c2nc3ccccc3[nH]2)cc1. The number of rotatable bonds is 4. The molecule has 3 rings (SSSR count). The quantitative estimate of drug-likeness (QED) is 0.456. The molecule has 0 saturated heterocycles. The van der Waals surface area contributed by atoms with Gasteiger partial charge in [0.15, 0.2) is 5.82 Å². The van der Waals surface area contributed by atoms with Gasteiger partial charge >= 0.3 is 5.97 Å². The van der Waals surface area contributed by atoms with E-state index in [-0.39, 0.29) is 0 Å². The number of hydrogen-bond donors (Lipinski definition) is 1. The van der Waals surface area contributed by atoms with Crippen molar-refractivity contribution >= 4 is 22.7 Å². The summed E-state index contributed by atoms with van der Waals surface area (Å²) in [5.74, 6) is 0.695. The van der Waals surface area contributed by atoms with E-state index in [4.69, 9.17) is 9.57 Å². The van der Waals surface area contributed by atoms with Crippen molar-refractivity contribution in [3.05, 3.63) is 59.9 Å². The van der Waals surface area contributed by atoms with E-state index in [0.29, 0.717) is 22.8 Å². The first-order valence-corrected chi connectivity index (χ1v) is 7.02. The van der Waals surface area contributed by atoms with Gasteiger partial charge < -0.3 is 14.6 Å². The number of para-hydroxylation sites is 2. The minimum absolute atomic E-state index is 0.395. The highest BCUT2D eigenvalue weighted by molar-refractivity contribution is 5.98. The zero-order valence-corrected chi connectivity index (χ0v) is 12.7. The molecule has 116 valence electrons. The Kier molecular flexibility index (Phi) is 4.05. The average molecular weight is 309 g/mol. The molecule has 2 aromatic carbocycles. The number of aromatic amines is 1. The lowest BCUT2D eigenvalue weighted by atomic mass is 10.2. The number of nitrogens with zero attached hydrogens (tertiary/aromatic N) is 2. The van der Waals surface area contributed by atoms with Gasteiger partial charge in [0, 0.05) is 0 Å². The molecule has 0 radical (unpaired) electrons. The summed E-state index contributed by atoms with van der Waals surface area (Å²) in [4.78, 5) is 24.4. The second kappa shape index (κ2) is 6.31. The maximum Gasteiger partial charge on any atom is 0.365 e. The van der Waals surface area contributed by atoms with Crippen molar-refractivity contribution < 1.29 is 14.4 Å². The van der Waals surface area contributed by atoms with Gasteiger partial charge in [0.05, 0.1) is 23.7 Å². The monoisotopic (exact) mass is 309 g/mol. The normalized spacial score (nSPS) is 11.5. The van der Waals surface area contributed by atoms with Crippen molar-refractivity contribution in [2.24, 2.45) is 5.16 Å². The third-order valence-electron chi connectivity index (χ3n) is 3.32. The second-order valence-electron chi connectivity index (χ2n) is 4.89. The number of benzene rings is 2. The highest BCUT2D eigenvalue weighted by Crippen LogP contribution is 2.13. The summed E-state index contributed by atoms with van der Waals surface area (Å²) in [6.07, 6.45) is 0. The molecular weight excluding hydrogens is 294 g/mol. The Labute approximate surface area is 132 Å². The minimum atomic E-state index is -0.539. The van der Waals surface area contributed by atoms with Gasteiger partial charge in [-0.05, 0) is 43.3 Å². The summed E-state index contributed by atoms with van der Waals surface area (Å²) < 4.78 is 5.04. The molecule has 3 aromatic rings. The van der Waals surface area contributed by atoms with Crippen LogP contribution in [0.3, 0.4) is 0 Å². The molecule has 1 heterocycles. The zero-order chi connectivity index (χ0) is 16.2. The maximum atomic E-state index is 12.0. The fraction of sp³-hybridized carbons (Fsp3) is 0.118. The van der Waals surface area contributed by atoms with Crippen molar-refractivity contribution in [2.45, 2.75) is 6.92 Å². The summed E-state index contributed by atoms with van der Waals surface area (Å²) in [6, 6.07) is 14.2. The third-order valence-corrected chi connectivity index (χ3v) is 3.32. The van der Waals surface area contributed by atoms with Crippen LogP contribution in [-0.2, 0) is 4.84 Å². The van der Waals surface area contributed by atoms with E-state index in [1.807, 2.05) is 24.3 Å². The lowest BCUT2D eigenvalue weighted by Crippen LogP contribution is -2.05. The van der Waals surface area contributed by atoms with E-state index in [2.05, 4.69) is 15.1 Å². The highest BCUT2D eigenvalue weighted by atomic mass is 16.7. The first kappa shape index (κ1) is 14.8. The molecule has 0 spiro atoms. The van der Waals surface area contributed by atoms with Gasteiger partial charge in [0.25, 0.3) is 0 Å². The lowest BCUT2D eigenvalue weighted by Gasteiger charge is -2.01. The Morgan fingerprint density at radius 3 is 2.57 bits per heavy atom. The maximum absolute atomic E-state index is 12.0. The number of nitrogens with one attached hydrogen (secondary N) is 1. The van der Waals surface area contributed by atoms with Gasteiger partial charge in [-0.2, -0.15) is 0 Å². The fourth-order valence-electron chi connectivity index (χ4n) is 2.06. The summed E-state index contributed by atoms with van der Waals surface area (Å²) in [7, 11) is 1.56. The van der Waals surface area contributed by atoms with Gasteiger partial charge in [-0.15, -0.1) is 0 Å². The molecule has 0 bridgehead atoms. The van der Waals surface area contributed by atoms with Crippen LogP contribution >= 0.6 is 0 Å². The molecule has 0 amide bonds. The number of aromatic nitrogens is 2. The van der Waals surface area contributed by atoms with Gasteiger partial charge in [-0.3, -0.25) is 0 Å². The van der Waals surface area contributed by atoms with Crippen LogP contribution in [0.2, 0.25) is 0 Å². The Morgan fingerprint density at radius 2 is 1.87 bits per heavy atom. The molecule has 6 heteroatoms. The smallest absolute Gasteiger partial charge is 0.365 e. The Morgan fingerprint density at radius 1 is 1.13 bits per heavy atom. The molecule has 0 saturated carbocycles. The Balaban J connectivity index is 1.74. The average Bonchev–Trinajstić information content (AvgIpc) is 3.03. The van der Waals surface area contributed by atoms with Crippen LogP contribution in [-0.4, -0.2) is 28.8 Å². The number of carbonyl (C=O) groups is 1. The van der Waals surface area contributed by atoms with Gasteiger partial charge in [-0.25, -0.2) is 9.78 Å². The number of carbonyl (C=O) groups excluding carboxylic acids is 1. The second-order valence-corrected chi connectivity index (χ2v) is 4.89. The van der Waals surface area contributed by atoms with E-state index in [1.54, 1.807) is 38.3 Å². The van der Waals surface area contributed by atoms with Crippen molar-refractivity contribution in [1.82, 2.24) is 9.97 Å². The molecule has 0 aliphatic rings. The van der Waals surface area contributed by atoms with Crippen LogP contribution in [0.5, 0.6) is 5.75 Å². The van der Waals surface area contributed by atoms with E-state index in [0.717, 1.165) is 11.0 Å². The summed E-state index contributed by atoms with van der Waals surface area (Å²) >= 11 is 0. The van der Waals surface area contributed by atoms with Crippen LogP contribution in [0.25, 0.3) is 11.0 Å². The fourth-order valence-corrected chi connectivity index (χ4v) is 2.06. The minimum Gasteiger partial charge on any atom is -0.497 e. The molecule has 1 N–H and O–H groups in total. The summed E-state index contributed by atoms with van der Waals surface area (Å²) in [5, 5.41) is 3.85. The molecule has 23 heavy (non-hydrogen) atoms. The molecule has 1 aromatic heterocycles. The first-order valence-electron chi connectivity index (χ1n) is 7.02. The Bertz CT molecular complexity index is 833. The van der Waals surface area contributed by atoms with Crippen LogP contribution in [0.4, 0.5) is 0 Å². The van der Waals surface area contributed by atoms with Crippen molar-refractivity contribution in [3.8, 4) is 5.75 Å². The first-order chi connectivity index (χ1) is 11.2. The number of H-pyrrole nitrogens is 1. The molecular formula is C17H15N3O3. The number of ether oxygens (including phenoxy) is 1. The molecule has 0 atom stereocenters. The highest BCUT2D eigenvalue weighted by Gasteiger charge is 2.09. The summed E-state index contributed by atoms with van der Waals surface area (Å²) in [6.45, 7) is 1.72.